The van der Waals surface area contributed by atoms with Gasteiger partial charge < -0.3 is 9.30 Å². The molecular weight excluding hydrogens is 408 g/mol. The molecule has 1 unspecified atom stereocenters. The van der Waals surface area contributed by atoms with Crippen LogP contribution in [0.4, 0.5) is 18.9 Å². The van der Waals surface area contributed by atoms with Gasteiger partial charge in [0.05, 0.1) is 16.1 Å². The summed E-state index contributed by atoms with van der Waals surface area (Å²) in [7, 11) is -2.98. The zero-order valence-electron chi connectivity index (χ0n) is 13.6. The predicted molar refractivity (Wildman–Crippen MR) is 93.2 cm³/mol. The van der Waals surface area contributed by atoms with Crippen LogP contribution in [0.1, 0.15) is 23.6 Å². The van der Waals surface area contributed by atoms with E-state index in [0.29, 0.717) is 11.6 Å². The average Bonchev–Trinajstić information content (AvgIpc) is 2.60. The van der Waals surface area contributed by atoms with E-state index in [1.807, 2.05) is 0 Å². The Morgan fingerprint density at radius 3 is 2.44 bits per heavy atom. The standard InChI is InChI=1S/C16H11ClF3N2O4P/c1-2-9-6-12(22(23)24)15(27(17)25)7-14(9)26-13-4-3-11(16(18,19)20)5-10(13)8-21/h3-7,27H,2H2,1H3. The van der Waals surface area contributed by atoms with Gasteiger partial charge >= 0.3 is 6.18 Å². The quantitative estimate of drug-likeness (QED) is 0.379. The van der Waals surface area contributed by atoms with Crippen LogP contribution in [0, 0.1) is 21.4 Å². The molecule has 0 radical (unpaired) electrons. The normalized spacial score (nSPS) is 12.3. The highest BCUT2D eigenvalue weighted by Crippen LogP contribution is 2.38. The van der Waals surface area contributed by atoms with Gasteiger partial charge in [0.2, 0.25) is 0 Å². The highest BCUT2D eigenvalue weighted by molar-refractivity contribution is 7.80. The highest BCUT2D eigenvalue weighted by Gasteiger charge is 2.31. The summed E-state index contributed by atoms with van der Waals surface area (Å²) in [5, 5.41) is 20.0. The van der Waals surface area contributed by atoms with Crippen molar-refractivity contribution < 1.29 is 27.4 Å². The predicted octanol–water partition coefficient (Wildman–Crippen LogP) is 5.18. The van der Waals surface area contributed by atoms with Crippen molar-refractivity contribution in [2.24, 2.45) is 0 Å². The van der Waals surface area contributed by atoms with Gasteiger partial charge in [0.15, 0.2) is 7.15 Å². The van der Waals surface area contributed by atoms with Crippen LogP contribution < -0.4 is 10.0 Å². The number of nitro groups is 1. The summed E-state index contributed by atoms with van der Waals surface area (Å²) in [5.41, 5.74) is -1.48. The Morgan fingerprint density at radius 2 is 1.96 bits per heavy atom. The Morgan fingerprint density at radius 1 is 1.30 bits per heavy atom. The zero-order valence-corrected chi connectivity index (χ0v) is 15.4. The van der Waals surface area contributed by atoms with E-state index in [9.17, 15) is 27.9 Å². The summed E-state index contributed by atoms with van der Waals surface area (Å²) < 4.78 is 55.5. The van der Waals surface area contributed by atoms with Crippen LogP contribution in [0.25, 0.3) is 0 Å². The summed E-state index contributed by atoms with van der Waals surface area (Å²) in [6, 6.07) is 6.24. The van der Waals surface area contributed by atoms with Gasteiger partial charge in [0.1, 0.15) is 22.9 Å². The van der Waals surface area contributed by atoms with Gasteiger partial charge in [-0.1, -0.05) is 18.2 Å². The molecule has 0 amide bonds. The third kappa shape index (κ3) is 4.59. The smallest absolute Gasteiger partial charge is 0.416 e. The highest BCUT2D eigenvalue weighted by atomic mass is 35.7. The first kappa shape index (κ1) is 20.7. The van der Waals surface area contributed by atoms with E-state index in [1.165, 1.54) is 0 Å². The molecule has 2 aromatic carbocycles. The number of nitrogens with zero attached hydrogens (tertiary/aromatic N) is 2. The van der Waals surface area contributed by atoms with Crippen molar-refractivity contribution in [1.29, 1.82) is 5.26 Å². The summed E-state index contributed by atoms with van der Waals surface area (Å²) in [6.07, 6.45) is -4.35. The van der Waals surface area contributed by atoms with Crippen LogP contribution in [-0.4, -0.2) is 4.92 Å². The molecule has 11 heteroatoms. The Balaban J connectivity index is 2.57. The van der Waals surface area contributed by atoms with Gasteiger partial charge in [-0.05, 0) is 30.7 Å². The molecule has 0 aliphatic rings. The van der Waals surface area contributed by atoms with Crippen LogP contribution in [0.2, 0.25) is 0 Å². The fraction of sp³-hybridized carbons (Fsp3) is 0.188. The maximum absolute atomic E-state index is 12.8. The van der Waals surface area contributed by atoms with Gasteiger partial charge in [0, 0.05) is 11.6 Å². The second-order valence-electron chi connectivity index (χ2n) is 5.28. The zero-order chi connectivity index (χ0) is 20.4. The fourth-order valence-corrected chi connectivity index (χ4v) is 3.36. The number of halogens is 4. The van der Waals surface area contributed by atoms with E-state index < -0.39 is 29.5 Å². The largest absolute Gasteiger partial charge is 0.456 e. The number of hydrogen-bond donors (Lipinski definition) is 0. The number of ether oxygens (including phenoxy) is 1. The van der Waals surface area contributed by atoms with Gasteiger partial charge in [-0.2, -0.15) is 18.4 Å². The van der Waals surface area contributed by atoms with E-state index in [1.54, 1.807) is 13.0 Å². The van der Waals surface area contributed by atoms with Crippen molar-refractivity contribution in [3.8, 4) is 17.6 Å². The molecule has 0 N–H and O–H groups in total. The molecule has 0 aliphatic heterocycles. The van der Waals surface area contributed by atoms with Crippen LogP contribution in [0.5, 0.6) is 11.5 Å². The number of aryl methyl sites for hydroxylation is 1. The average molecular weight is 419 g/mol. The molecule has 0 fully saturated rings. The first-order valence-corrected chi connectivity index (χ1v) is 9.80. The van der Waals surface area contributed by atoms with Gasteiger partial charge in [-0.3, -0.25) is 10.1 Å². The number of alkyl halides is 3. The summed E-state index contributed by atoms with van der Waals surface area (Å²) >= 11 is 5.56. The van der Waals surface area contributed by atoms with Crippen molar-refractivity contribution in [2.75, 3.05) is 0 Å². The molecule has 142 valence electrons. The molecule has 0 aliphatic carbocycles. The SMILES string of the molecule is CCc1cc([N+](=O)[O-])c([PH](=O)Cl)cc1Oc1ccc(C(F)(F)F)cc1C#N. The van der Waals surface area contributed by atoms with Crippen molar-refractivity contribution in [1.82, 2.24) is 0 Å². The summed E-state index contributed by atoms with van der Waals surface area (Å²) in [5.74, 6) is -0.150. The number of rotatable bonds is 5. The number of nitriles is 1. The Labute approximate surface area is 156 Å². The number of nitro benzene ring substituents is 1. The number of hydrogen-bond acceptors (Lipinski definition) is 5. The van der Waals surface area contributed by atoms with Crippen LogP contribution in [-0.2, 0) is 17.2 Å². The molecule has 0 spiro atoms. The van der Waals surface area contributed by atoms with Crippen molar-refractivity contribution in [3.05, 3.63) is 57.1 Å². The van der Waals surface area contributed by atoms with E-state index in [0.717, 1.165) is 24.3 Å². The summed E-state index contributed by atoms with van der Waals surface area (Å²) in [6.45, 7) is 1.67. The Bertz CT molecular complexity index is 973. The molecule has 1 atom stereocenters. The van der Waals surface area contributed by atoms with Gasteiger partial charge in [-0.25, -0.2) is 0 Å². The molecular formula is C16H11ClF3N2O4P. The van der Waals surface area contributed by atoms with Crippen molar-refractivity contribution in [2.45, 2.75) is 19.5 Å². The third-order valence-electron chi connectivity index (χ3n) is 3.62. The lowest BCUT2D eigenvalue weighted by Crippen LogP contribution is -2.08. The van der Waals surface area contributed by atoms with Crippen LogP contribution >= 0.6 is 18.4 Å². The molecule has 6 nitrogen and oxygen atoms in total. The minimum atomic E-state index is -4.63. The molecule has 0 saturated heterocycles. The maximum atomic E-state index is 12.8. The Hall–Kier alpha value is -2.56. The van der Waals surface area contributed by atoms with E-state index in [-0.39, 0.29) is 28.8 Å². The minimum Gasteiger partial charge on any atom is -0.456 e. The van der Waals surface area contributed by atoms with E-state index in [4.69, 9.17) is 21.2 Å². The Kier molecular flexibility index (Phi) is 6.14. The van der Waals surface area contributed by atoms with Crippen molar-refractivity contribution >= 4 is 29.4 Å². The maximum Gasteiger partial charge on any atom is 0.416 e. The molecule has 27 heavy (non-hydrogen) atoms. The molecule has 0 heterocycles. The lowest BCUT2D eigenvalue weighted by molar-refractivity contribution is -0.383. The van der Waals surface area contributed by atoms with Crippen molar-refractivity contribution in [3.63, 3.8) is 0 Å². The molecule has 2 aromatic rings. The monoisotopic (exact) mass is 418 g/mol. The number of benzene rings is 2. The topological polar surface area (TPSA) is 93.2 Å². The minimum absolute atomic E-state index is 0.0216. The molecule has 0 aromatic heterocycles. The first-order chi connectivity index (χ1) is 12.6. The van der Waals surface area contributed by atoms with Crippen LogP contribution in [0.3, 0.4) is 0 Å². The molecule has 0 bridgehead atoms. The second-order valence-corrected chi connectivity index (χ2v) is 7.40. The lowest BCUT2D eigenvalue weighted by atomic mass is 10.1. The van der Waals surface area contributed by atoms with Gasteiger partial charge in [-0.15, -0.1) is 0 Å². The van der Waals surface area contributed by atoms with Crippen LogP contribution in [0.15, 0.2) is 30.3 Å². The first-order valence-electron chi connectivity index (χ1n) is 7.38. The molecule has 0 saturated carbocycles. The third-order valence-corrected chi connectivity index (χ3v) is 5.05. The summed E-state index contributed by atoms with van der Waals surface area (Å²) in [4.78, 5) is 10.4. The van der Waals surface area contributed by atoms with E-state index >= 15 is 0 Å². The van der Waals surface area contributed by atoms with E-state index in [2.05, 4.69) is 0 Å². The second kappa shape index (κ2) is 7.99. The molecule has 2 rings (SSSR count). The fourth-order valence-electron chi connectivity index (χ4n) is 2.29. The van der Waals surface area contributed by atoms with Gasteiger partial charge in [0.25, 0.3) is 5.69 Å². The lowest BCUT2D eigenvalue weighted by Gasteiger charge is -2.14.